The second-order valence-corrected chi connectivity index (χ2v) is 10.5. The summed E-state index contributed by atoms with van der Waals surface area (Å²) in [6.45, 7) is 7.25. The summed E-state index contributed by atoms with van der Waals surface area (Å²) in [4.78, 5) is 57.3. The number of hydrogen-bond acceptors (Lipinski definition) is 8. The summed E-state index contributed by atoms with van der Waals surface area (Å²) in [6.07, 6.45) is 2.97. The molecule has 2 aromatic heterocycles. The number of fused-ring (bicyclic) bond motifs is 2. The van der Waals surface area contributed by atoms with Crippen LogP contribution in [0.3, 0.4) is 0 Å². The Hall–Kier alpha value is -4.48. The molecule has 0 fully saturated rings. The van der Waals surface area contributed by atoms with Crippen LogP contribution in [0.2, 0.25) is 0 Å². The van der Waals surface area contributed by atoms with Crippen molar-refractivity contribution in [2.45, 2.75) is 71.5 Å². The van der Waals surface area contributed by atoms with Crippen molar-refractivity contribution in [3.63, 3.8) is 0 Å². The SMILES string of the molecule is Cc1noc(C)c1C(=O)N[C@H]1CCCCNC(=O)c2coc(n2)[C@@H](Cc2ccccc2)NC(=O)[C@H](C(C)C)NC1=O. The fourth-order valence-electron chi connectivity index (χ4n) is 4.72. The number of benzene rings is 1. The lowest BCUT2D eigenvalue weighted by molar-refractivity contribution is -0.131. The average molecular weight is 565 g/mol. The van der Waals surface area contributed by atoms with E-state index < -0.39 is 41.8 Å². The third-order valence-electron chi connectivity index (χ3n) is 6.99. The van der Waals surface area contributed by atoms with Gasteiger partial charge in [-0.1, -0.05) is 49.3 Å². The highest BCUT2D eigenvalue weighted by Gasteiger charge is 2.32. The quantitative estimate of drug-likeness (QED) is 0.367. The number of carbonyl (C=O) groups excluding carboxylic acids is 4. The van der Waals surface area contributed by atoms with Gasteiger partial charge >= 0.3 is 0 Å². The maximum atomic E-state index is 13.6. The lowest BCUT2D eigenvalue weighted by atomic mass is 10.00. The van der Waals surface area contributed by atoms with E-state index in [0.29, 0.717) is 37.3 Å². The Morgan fingerprint density at radius 3 is 2.51 bits per heavy atom. The zero-order chi connectivity index (χ0) is 29.5. The van der Waals surface area contributed by atoms with E-state index in [0.717, 1.165) is 5.56 Å². The average Bonchev–Trinajstić information content (AvgIpc) is 3.56. The van der Waals surface area contributed by atoms with Gasteiger partial charge < -0.3 is 30.2 Å². The van der Waals surface area contributed by atoms with Gasteiger partial charge in [-0.2, -0.15) is 0 Å². The van der Waals surface area contributed by atoms with Crippen LogP contribution < -0.4 is 21.3 Å². The number of oxazole rings is 1. The Balaban J connectivity index is 1.61. The fraction of sp³-hybridized carbons (Fsp3) is 0.448. The number of nitrogens with zero attached hydrogens (tertiary/aromatic N) is 2. The van der Waals surface area contributed by atoms with Crippen molar-refractivity contribution in [2.75, 3.05) is 6.54 Å². The minimum absolute atomic E-state index is 0.109. The molecule has 1 aromatic carbocycles. The fourth-order valence-corrected chi connectivity index (χ4v) is 4.72. The minimum Gasteiger partial charge on any atom is -0.446 e. The van der Waals surface area contributed by atoms with E-state index in [9.17, 15) is 19.2 Å². The first-order valence-corrected chi connectivity index (χ1v) is 13.8. The van der Waals surface area contributed by atoms with E-state index in [-0.39, 0.29) is 29.5 Å². The molecule has 3 heterocycles. The third kappa shape index (κ3) is 7.38. The number of carbonyl (C=O) groups is 4. The molecule has 0 saturated carbocycles. The van der Waals surface area contributed by atoms with Crippen molar-refractivity contribution in [2.24, 2.45) is 5.92 Å². The van der Waals surface area contributed by atoms with Crippen LogP contribution in [-0.4, -0.2) is 52.4 Å². The molecule has 4 amide bonds. The van der Waals surface area contributed by atoms with Crippen molar-refractivity contribution < 1.29 is 28.1 Å². The molecule has 3 aromatic rings. The summed E-state index contributed by atoms with van der Waals surface area (Å²) in [5, 5.41) is 15.2. The van der Waals surface area contributed by atoms with Gasteiger partial charge in [-0.25, -0.2) is 4.98 Å². The Bertz CT molecular complexity index is 1360. The highest BCUT2D eigenvalue weighted by molar-refractivity contribution is 5.99. The molecule has 0 saturated heterocycles. The first-order valence-electron chi connectivity index (χ1n) is 13.8. The summed E-state index contributed by atoms with van der Waals surface area (Å²) in [6, 6.07) is 6.94. The van der Waals surface area contributed by atoms with Crippen molar-refractivity contribution in [3.05, 3.63) is 70.8 Å². The molecular formula is C29H36N6O6. The monoisotopic (exact) mass is 564 g/mol. The molecule has 0 spiro atoms. The maximum absolute atomic E-state index is 13.6. The molecule has 3 atom stereocenters. The Morgan fingerprint density at radius 1 is 1.07 bits per heavy atom. The first-order chi connectivity index (χ1) is 19.6. The number of amides is 4. The van der Waals surface area contributed by atoms with Crippen LogP contribution in [0.1, 0.15) is 82.9 Å². The molecule has 12 nitrogen and oxygen atoms in total. The van der Waals surface area contributed by atoms with Crippen molar-refractivity contribution in [3.8, 4) is 0 Å². The molecule has 0 radical (unpaired) electrons. The van der Waals surface area contributed by atoms with Crippen LogP contribution >= 0.6 is 0 Å². The van der Waals surface area contributed by atoms with E-state index in [2.05, 4.69) is 31.4 Å². The highest BCUT2D eigenvalue weighted by atomic mass is 16.5. The predicted octanol–water partition coefficient (Wildman–Crippen LogP) is 2.53. The van der Waals surface area contributed by atoms with Crippen LogP contribution in [0.25, 0.3) is 0 Å². The van der Waals surface area contributed by atoms with E-state index in [1.165, 1.54) is 6.26 Å². The van der Waals surface area contributed by atoms with Crippen molar-refractivity contribution in [1.29, 1.82) is 0 Å². The second kappa shape index (κ2) is 13.2. The maximum Gasteiger partial charge on any atom is 0.273 e. The Morgan fingerprint density at radius 2 is 1.83 bits per heavy atom. The zero-order valence-electron chi connectivity index (χ0n) is 23.7. The predicted molar refractivity (Wildman–Crippen MR) is 148 cm³/mol. The molecule has 0 unspecified atom stereocenters. The minimum atomic E-state index is -0.930. The van der Waals surface area contributed by atoms with Crippen LogP contribution in [0.5, 0.6) is 0 Å². The van der Waals surface area contributed by atoms with E-state index >= 15 is 0 Å². The Kier molecular flexibility index (Phi) is 9.53. The van der Waals surface area contributed by atoms with E-state index in [4.69, 9.17) is 8.94 Å². The summed E-state index contributed by atoms with van der Waals surface area (Å²) < 4.78 is 10.8. The molecule has 4 rings (SSSR count). The molecule has 1 aliphatic rings. The van der Waals surface area contributed by atoms with Crippen LogP contribution in [0, 0.1) is 19.8 Å². The number of rotatable bonds is 5. The topological polar surface area (TPSA) is 168 Å². The molecule has 41 heavy (non-hydrogen) atoms. The number of aromatic nitrogens is 2. The van der Waals surface area contributed by atoms with Crippen LogP contribution in [0.4, 0.5) is 0 Å². The van der Waals surface area contributed by atoms with Gasteiger partial charge in [0.2, 0.25) is 17.7 Å². The summed E-state index contributed by atoms with van der Waals surface area (Å²) in [5.74, 6) is -1.59. The van der Waals surface area contributed by atoms with Crippen LogP contribution in [0.15, 0.2) is 45.5 Å². The highest BCUT2D eigenvalue weighted by Crippen LogP contribution is 2.20. The molecule has 2 bridgehead atoms. The lowest BCUT2D eigenvalue weighted by Crippen LogP contribution is -2.56. The van der Waals surface area contributed by atoms with Gasteiger partial charge in [0.05, 0.1) is 5.69 Å². The van der Waals surface area contributed by atoms with Gasteiger partial charge in [0.25, 0.3) is 11.8 Å². The smallest absolute Gasteiger partial charge is 0.273 e. The van der Waals surface area contributed by atoms with E-state index in [1.807, 2.05) is 44.2 Å². The number of nitrogens with one attached hydrogen (secondary N) is 4. The second-order valence-electron chi connectivity index (χ2n) is 10.5. The van der Waals surface area contributed by atoms with Gasteiger partial charge in [0.15, 0.2) is 5.69 Å². The molecule has 12 heteroatoms. The number of hydrogen-bond donors (Lipinski definition) is 4. The third-order valence-corrected chi connectivity index (χ3v) is 6.99. The van der Waals surface area contributed by atoms with E-state index in [1.54, 1.807) is 13.8 Å². The van der Waals surface area contributed by atoms with Gasteiger partial charge in [0.1, 0.15) is 35.7 Å². The normalized spacial score (nSPS) is 20.7. The largest absolute Gasteiger partial charge is 0.446 e. The van der Waals surface area contributed by atoms with Gasteiger partial charge in [0, 0.05) is 13.0 Å². The summed E-state index contributed by atoms with van der Waals surface area (Å²) in [5.41, 5.74) is 1.71. The van der Waals surface area contributed by atoms with Crippen molar-refractivity contribution in [1.82, 2.24) is 31.4 Å². The number of aryl methyl sites for hydroxylation is 2. The molecule has 0 aliphatic carbocycles. The molecule has 4 N–H and O–H groups in total. The molecule has 218 valence electrons. The Labute approximate surface area is 238 Å². The van der Waals surface area contributed by atoms with Crippen LogP contribution in [-0.2, 0) is 16.0 Å². The van der Waals surface area contributed by atoms with Gasteiger partial charge in [-0.05, 0) is 44.6 Å². The van der Waals surface area contributed by atoms with Gasteiger partial charge in [-0.15, -0.1) is 0 Å². The zero-order valence-corrected chi connectivity index (χ0v) is 23.7. The molecule has 1 aliphatic heterocycles. The summed E-state index contributed by atoms with van der Waals surface area (Å²) >= 11 is 0. The standard InChI is InChI=1S/C29H36N6O6/c1-16(2)24-28(39)32-21(14-19-10-6-5-7-11-19)29-33-22(15-40-29)25(36)30-13-9-8-12-20(26(37)34-24)31-27(38)23-17(3)35-41-18(23)4/h5-7,10-11,15-16,20-21,24H,8-9,12-14H2,1-4H3,(H,30,36)(H,31,38)(H,32,39)(H,34,37)/t20-,21+,24-/m0/s1. The molecular weight excluding hydrogens is 528 g/mol. The first kappa shape index (κ1) is 29.5. The summed E-state index contributed by atoms with van der Waals surface area (Å²) in [7, 11) is 0. The van der Waals surface area contributed by atoms with Gasteiger partial charge in [-0.3, -0.25) is 19.2 Å². The lowest BCUT2D eigenvalue weighted by Gasteiger charge is -2.27. The van der Waals surface area contributed by atoms with Crippen molar-refractivity contribution >= 4 is 23.6 Å².